The molecule has 2 rings (SSSR count). The number of hydrogen-bond donors (Lipinski definition) is 1. The number of rotatable bonds is 4. The fourth-order valence-corrected chi connectivity index (χ4v) is 2.97. The third-order valence-corrected chi connectivity index (χ3v) is 4.31. The van der Waals surface area contributed by atoms with Gasteiger partial charge in [-0.3, -0.25) is 4.90 Å². The van der Waals surface area contributed by atoms with Crippen LogP contribution in [0.4, 0.5) is 0 Å². The average Bonchev–Trinajstić information content (AvgIpc) is 2.40. The minimum atomic E-state index is 0.269. The summed E-state index contributed by atoms with van der Waals surface area (Å²) in [4.78, 5) is 2.46. The van der Waals surface area contributed by atoms with E-state index in [4.69, 9.17) is 23.2 Å². The van der Waals surface area contributed by atoms with E-state index in [-0.39, 0.29) is 6.04 Å². The molecule has 0 amide bonds. The summed E-state index contributed by atoms with van der Waals surface area (Å²) in [5.41, 5.74) is 2.28. The van der Waals surface area contributed by atoms with Crippen molar-refractivity contribution in [2.75, 3.05) is 26.2 Å². The molecule has 1 N–H and O–H groups in total. The monoisotopic (exact) mass is 298 g/mol. The van der Waals surface area contributed by atoms with Crippen molar-refractivity contribution >= 4 is 23.2 Å². The zero-order valence-electron chi connectivity index (χ0n) is 11.3. The molecule has 19 heavy (non-hydrogen) atoms. The molecule has 1 aliphatic rings. The fourth-order valence-electron chi connectivity index (χ4n) is 2.54. The summed E-state index contributed by atoms with van der Waals surface area (Å²) in [5.74, 6) is 0. The zero-order valence-corrected chi connectivity index (χ0v) is 12.8. The van der Waals surface area contributed by atoms with Gasteiger partial charge in [0.2, 0.25) is 0 Å². The van der Waals surface area contributed by atoms with Gasteiger partial charge in [0, 0.05) is 32.2 Å². The van der Waals surface area contributed by atoms with Gasteiger partial charge >= 0.3 is 0 Å². The summed E-state index contributed by atoms with van der Waals surface area (Å²) >= 11 is 12.5. The molecule has 0 aromatic heterocycles. The topological polar surface area (TPSA) is 15.3 Å². The number of nitrogens with zero attached hydrogens (tertiary/aromatic N) is 1. The Kier molecular flexibility index (Phi) is 5.28. The second-order valence-electron chi connectivity index (χ2n) is 5.11. The highest BCUT2D eigenvalue weighted by atomic mass is 35.5. The first-order valence-electron chi connectivity index (χ1n) is 6.62. The number of hydrogen-bond acceptors (Lipinski definition) is 2. The van der Waals surface area contributed by atoms with Crippen LogP contribution in [0.3, 0.4) is 0 Å². The molecule has 0 saturated carbocycles. The van der Waals surface area contributed by atoms with E-state index in [0.717, 1.165) is 38.2 Å². The molecule has 0 bridgehead atoms. The molecule has 0 radical (unpaired) electrons. The van der Waals surface area contributed by atoms with Crippen LogP contribution in [0.1, 0.15) is 24.9 Å². The first-order chi connectivity index (χ1) is 9.09. The van der Waals surface area contributed by atoms with Crippen LogP contribution in [0.5, 0.6) is 0 Å². The van der Waals surface area contributed by atoms with Crippen molar-refractivity contribution in [3.8, 4) is 0 Å². The average molecular weight is 299 g/mol. The molecule has 1 atom stereocenters. The van der Waals surface area contributed by atoms with Crippen molar-refractivity contribution in [1.82, 2.24) is 10.2 Å². The van der Waals surface area contributed by atoms with Crippen LogP contribution in [0, 0.1) is 0 Å². The van der Waals surface area contributed by atoms with Gasteiger partial charge in [-0.2, -0.15) is 0 Å². The molecule has 1 heterocycles. The van der Waals surface area contributed by atoms with Gasteiger partial charge in [0.1, 0.15) is 0 Å². The minimum absolute atomic E-state index is 0.269. The minimum Gasteiger partial charge on any atom is -0.314 e. The standard InChI is InChI=1S/C15H20Cl2N2/c1-11(2)10-14(19-8-6-18-7-9-19)12-4-3-5-13(16)15(12)17/h3-5,14,18H,1,6-10H2,2H3/t14-/m1/s1. The summed E-state index contributed by atoms with van der Waals surface area (Å²) in [5, 5.41) is 4.68. The van der Waals surface area contributed by atoms with Crippen LogP contribution < -0.4 is 5.32 Å². The highest BCUT2D eigenvalue weighted by molar-refractivity contribution is 6.42. The molecule has 1 saturated heterocycles. The molecule has 1 aromatic rings. The van der Waals surface area contributed by atoms with Crippen molar-refractivity contribution in [1.29, 1.82) is 0 Å². The van der Waals surface area contributed by atoms with Crippen LogP contribution in [0.2, 0.25) is 10.0 Å². The largest absolute Gasteiger partial charge is 0.314 e. The van der Waals surface area contributed by atoms with Gasteiger partial charge in [0.25, 0.3) is 0 Å². The zero-order chi connectivity index (χ0) is 13.8. The molecule has 0 spiro atoms. The number of nitrogens with one attached hydrogen (secondary N) is 1. The Labute approximate surface area is 125 Å². The molecule has 0 unspecified atom stereocenters. The number of piperazine rings is 1. The first-order valence-corrected chi connectivity index (χ1v) is 7.38. The van der Waals surface area contributed by atoms with E-state index < -0.39 is 0 Å². The summed E-state index contributed by atoms with van der Waals surface area (Å²) in [7, 11) is 0. The normalized spacial score (nSPS) is 18.3. The molecule has 2 nitrogen and oxygen atoms in total. The molecule has 1 aliphatic heterocycles. The lowest BCUT2D eigenvalue weighted by Crippen LogP contribution is -2.45. The van der Waals surface area contributed by atoms with Crippen molar-refractivity contribution in [3.63, 3.8) is 0 Å². The Morgan fingerprint density at radius 3 is 2.68 bits per heavy atom. The summed E-state index contributed by atoms with van der Waals surface area (Å²) < 4.78 is 0. The van der Waals surface area contributed by atoms with E-state index in [1.807, 2.05) is 12.1 Å². The lowest BCUT2D eigenvalue weighted by Gasteiger charge is -2.36. The van der Waals surface area contributed by atoms with Crippen LogP contribution >= 0.6 is 23.2 Å². The molecular weight excluding hydrogens is 279 g/mol. The van der Waals surface area contributed by atoms with E-state index in [1.165, 1.54) is 5.57 Å². The SMILES string of the molecule is C=C(C)C[C@H](c1cccc(Cl)c1Cl)N1CCNCC1. The maximum atomic E-state index is 6.39. The Morgan fingerprint density at radius 2 is 2.05 bits per heavy atom. The maximum absolute atomic E-state index is 6.39. The van der Waals surface area contributed by atoms with Gasteiger partial charge in [0.05, 0.1) is 10.0 Å². The highest BCUT2D eigenvalue weighted by Gasteiger charge is 2.24. The molecule has 4 heteroatoms. The van der Waals surface area contributed by atoms with Crippen LogP contribution in [0.15, 0.2) is 30.4 Å². The van der Waals surface area contributed by atoms with Crippen molar-refractivity contribution in [3.05, 3.63) is 46.0 Å². The van der Waals surface area contributed by atoms with Gasteiger partial charge in [-0.05, 0) is 25.0 Å². The predicted molar refractivity (Wildman–Crippen MR) is 83.1 cm³/mol. The van der Waals surface area contributed by atoms with E-state index in [0.29, 0.717) is 10.0 Å². The highest BCUT2D eigenvalue weighted by Crippen LogP contribution is 2.35. The number of benzene rings is 1. The Balaban J connectivity index is 2.30. The van der Waals surface area contributed by atoms with Gasteiger partial charge in [-0.15, -0.1) is 6.58 Å². The lowest BCUT2D eigenvalue weighted by molar-refractivity contribution is 0.172. The molecule has 104 valence electrons. The van der Waals surface area contributed by atoms with Gasteiger partial charge in [0.15, 0.2) is 0 Å². The third kappa shape index (κ3) is 3.73. The van der Waals surface area contributed by atoms with Crippen LogP contribution in [0.25, 0.3) is 0 Å². The van der Waals surface area contributed by atoms with Gasteiger partial charge in [-0.25, -0.2) is 0 Å². The fraction of sp³-hybridized carbons (Fsp3) is 0.467. The summed E-state index contributed by atoms with van der Waals surface area (Å²) in [6, 6.07) is 6.15. The quantitative estimate of drug-likeness (QED) is 0.848. The Morgan fingerprint density at radius 1 is 1.37 bits per heavy atom. The van der Waals surface area contributed by atoms with Crippen LogP contribution in [-0.4, -0.2) is 31.1 Å². The summed E-state index contributed by atoms with van der Waals surface area (Å²) in [6.45, 7) is 10.2. The van der Waals surface area contributed by atoms with Gasteiger partial charge < -0.3 is 5.32 Å². The van der Waals surface area contributed by atoms with Crippen molar-refractivity contribution in [2.24, 2.45) is 0 Å². The third-order valence-electron chi connectivity index (χ3n) is 3.47. The first kappa shape index (κ1) is 14.9. The van der Waals surface area contributed by atoms with Crippen molar-refractivity contribution < 1.29 is 0 Å². The predicted octanol–water partition coefficient (Wildman–Crippen LogP) is 3.91. The van der Waals surface area contributed by atoms with Gasteiger partial charge in [-0.1, -0.05) is 40.9 Å². The molecule has 1 aromatic carbocycles. The van der Waals surface area contributed by atoms with Crippen LogP contribution in [-0.2, 0) is 0 Å². The second-order valence-corrected chi connectivity index (χ2v) is 5.89. The number of halogens is 2. The summed E-state index contributed by atoms with van der Waals surface area (Å²) in [6.07, 6.45) is 0.917. The van der Waals surface area contributed by atoms with Crippen molar-refractivity contribution in [2.45, 2.75) is 19.4 Å². The lowest BCUT2D eigenvalue weighted by atomic mass is 9.98. The Bertz CT molecular complexity index is 453. The maximum Gasteiger partial charge on any atom is 0.0640 e. The molecular formula is C15H20Cl2N2. The van der Waals surface area contributed by atoms with E-state index in [2.05, 4.69) is 29.8 Å². The van der Waals surface area contributed by atoms with E-state index in [9.17, 15) is 0 Å². The molecule has 1 fully saturated rings. The second kappa shape index (κ2) is 6.76. The Hall–Kier alpha value is -0.540. The smallest absolute Gasteiger partial charge is 0.0640 e. The van der Waals surface area contributed by atoms with E-state index in [1.54, 1.807) is 0 Å². The van der Waals surface area contributed by atoms with E-state index >= 15 is 0 Å². The molecule has 0 aliphatic carbocycles.